The van der Waals surface area contributed by atoms with Crippen molar-refractivity contribution in [2.75, 3.05) is 0 Å². The van der Waals surface area contributed by atoms with Crippen molar-refractivity contribution < 1.29 is 17.6 Å². The summed E-state index contributed by atoms with van der Waals surface area (Å²) in [4.78, 5) is 12.1. The molecule has 1 aliphatic heterocycles. The van der Waals surface area contributed by atoms with E-state index in [4.69, 9.17) is 5.26 Å². The monoisotopic (exact) mass is 316 g/mol. The van der Waals surface area contributed by atoms with Crippen LogP contribution in [0.1, 0.15) is 21.5 Å². The molecule has 22 heavy (non-hydrogen) atoms. The van der Waals surface area contributed by atoms with E-state index >= 15 is 0 Å². The Kier molecular flexibility index (Phi) is 3.19. The first kappa shape index (κ1) is 14.2. The van der Waals surface area contributed by atoms with Gasteiger partial charge in [0, 0.05) is 5.56 Å². The summed E-state index contributed by atoms with van der Waals surface area (Å²) in [6.45, 7) is -0.409. The zero-order valence-electron chi connectivity index (χ0n) is 11.2. The van der Waals surface area contributed by atoms with E-state index in [1.54, 1.807) is 12.1 Å². The molecule has 0 fully saturated rings. The van der Waals surface area contributed by atoms with Gasteiger partial charge in [-0.2, -0.15) is 5.26 Å². The SMILES string of the molecule is N#Cc1ccc(CN2C(=O)c3ccccc3S2(=O)=O)c(F)c1. The number of fused-ring (bicyclic) bond motifs is 1. The van der Waals surface area contributed by atoms with Crippen molar-refractivity contribution in [2.45, 2.75) is 11.4 Å². The van der Waals surface area contributed by atoms with Crippen molar-refractivity contribution in [3.63, 3.8) is 0 Å². The number of benzene rings is 2. The topological polar surface area (TPSA) is 78.2 Å². The first-order valence-electron chi connectivity index (χ1n) is 6.30. The number of amides is 1. The second-order valence-corrected chi connectivity index (χ2v) is 6.56. The Morgan fingerprint density at radius 1 is 1.18 bits per heavy atom. The summed E-state index contributed by atoms with van der Waals surface area (Å²) < 4.78 is 39.3. The average Bonchev–Trinajstić information content (AvgIpc) is 2.70. The van der Waals surface area contributed by atoms with Gasteiger partial charge in [0.05, 0.1) is 23.7 Å². The quantitative estimate of drug-likeness (QED) is 0.849. The van der Waals surface area contributed by atoms with E-state index in [1.165, 1.54) is 30.3 Å². The number of nitriles is 1. The van der Waals surface area contributed by atoms with Gasteiger partial charge in [0.25, 0.3) is 15.9 Å². The van der Waals surface area contributed by atoms with Gasteiger partial charge < -0.3 is 0 Å². The highest BCUT2D eigenvalue weighted by Gasteiger charge is 2.41. The molecule has 0 saturated heterocycles. The number of nitrogens with zero attached hydrogens (tertiary/aromatic N) is 2. The highest BCUT2D eigenvalue weighted by Crippen LogP contribution is 2.31. The molecule has 5 nitrogen and oxygen atoms in total. The van der Waals surface area contributed by atoms with Crippen molar-refractivity contribution in [1.82, 2.24) is 4.31 Å². The predicted octanol–water partition coefficient (Wildman–Crippen LogP) is 2.04. The normalized spacial score (nSPS) is 15.5. The molecule has 2 aromatic carbocycles. The van der Waals surface area contributed by atoms with Gasteiger partial charge in [0.15, 0.2) is 0 Å². The van der Waals surface area contributed by atoms with Gasteiger partial charge in [-0.1, -0.05) is 18.2 Å². The van der Waals surface area contributed by atoms with Crippen LogP contribution in [0.15, 0.2) is 47.4 Å². The van der Waals surface area contributed by atoms with Gasteiger partial charge in [-0.05, 0) is 24.3 Å². The van der Waals surface area contributed by atoms with E-state index in [2.05, 4.69) is 0 Å². The lowest BCUT2D eigenvalue weighted by atomic mass is 10.1. The first-order chi connectivity index (χ1) is 10.4. The number of halogens is 1. The summed E-state index contributed by atoms with van der Waals surface area (Å²) in [7, 11) is -3.97. The molecule has 0 radical (unpaired) electrons. The number of rotatable bonds is 2. The van der Waals surface area contributed by atoms with Gasteiger partial charge in [-0.15, -0.1) is 0 Å². The predicted molar refractivity (Wildman–Crippen MR) is 74.6 cm³/mol. The molecule has 110 valence electrons. The van der Waals surface area contributed by atoms with Crippen LogP contribution in [-0.2, 0) is 16.6 Å². The van der Waals surface area contributed by atoms with Crippen LogP contribution in [-0.4, -0.2) is 18.6 Å². The molecule has 1 aliphatic rings. The summed E-state index contributed by atoms with van der Waals surface area (Å²) in [5.74, 6) is -1.41. The molecule has 1 amide bonds. The van der Waals surface area contributed by atoms with Gasteiger partial charge in [0.2, 0.25) is 0 Å². The molecule has 3 rings (SSSR count). The first-order valence-corrected chi connectivity index (χ1v) is 7.74. The van der Waals surface area contributed by atoms with Crippen LogP contribution in [0.4, 0.5) is 4.39 Å². The maximum absolute atomic E-state index is 13.9. The largest absolute Gasteiger partial charge is 0.269 e. The Labute approximate surface area is 126 Å². The number of hydrogen-bond acceptors (Lipinski definition) is 4. The van der Waals surface area contributed by atoms with Gasteiger partial charge in [0.1, 0.15) is 10.7 Å². The Morgan fingerprint density at radius 2 is 1.91 bits per heavy atom. The van der Waals surface area contributed by atoms with Gasteiger partial charge in [-0.3, -0.25) is 4.79 Å². The molecule has 0 unspecified atom stereocenters. The third-order valence-corrected chi connectivity index (χ3v) is 5.20. The standard InChI is InChI=1S/C15H9FN2O3S/c16-13-7-10(8-17)5-6-11(13)9-18-15(19)12-3-1-2-4-14(12)22(18,20)21/h1-7H,9H2. The van der Waals surface area contributed by atoms with E-state index < -0.39 is 28.3 Å². The lowest BCUT2D eigenvalue weighted by Crippen LogP contribution is -2.29. The number of carbonyl (C=O) groups excluding carboxylic acids is 1. The van der Waals surface area contributed by atoms with E-state index in [1.807, 2.05) is 0 Å². The number of carbonyl (C=O) groups is 1. The third-order valence-electron chi connectivity index (χ3n) is 3.41. The van der Waals surface area contributed by atoms with Gasteiger partial charge in [-0.25, -0.2) is 17.1 Å². The van der Waals surface area contributed by atoms with Crippen molar-refractivity contribution in [1.29, 1.82) is 5.26 Å². The summed E-state index contributed by atoms with van der Waals surface area (Å²) in [5.41, 5.74) is 0.237. The van der Waals surface area contributed by atoms with E-state index in [0.29, 0.717) is 4.31 Å². The van der Waals surface area contributed by atoms with E-state index in [-0.39, 0.29) is 21.6 Å². The second kappa shape index (κ2) is 4.93. The molecule has 0 spiro atoms. The molecular formula is C15H9FN2O3S. The molecule has 2 aromatic rings. The number of hydrogen-bond donors (Lipinski definition) is 0. The zero-order chi connectivity index (χ0) is 15.9. The van der Waals surface area contributed by atoms with Gasteiger partial charge >= 0.3 is 0 Å². The lowest BCUT2D eigenvalue weighted by molar-refractivity contribution is 0.0864. The van der Waals surface area contributed by atoms with Crippen LogP contribution in [0.25, 0.3) is 0 Å². The second-order valence-electron chi connectivity index (χ2n) is 4.73. The van der Waals surface area contributed by atoms with Crippen LogP contribution in [0.5, 0.6) is 0 Å². The molecular weight excluding hydrogens is 307 g/mol. The molecule has 1 heterocycles. The fourth-order valence-corrected chi connectivity index (χ4v) is 3.83. The van der Waals surface area contributed by atoms with E-state index in [9.17, 15) is 17.6 Å². The summed E-state index contributed by atoms with van der Waals surface area (Å²) >= 11 is 0. The highest BCUT2D eigenvalue weighted by atomic mass is 32.2. The molecule has 0 aromatic heterocycles. The fourth-order valence-electron chi connectivity index (χ4n) is 2.29. The summed E-state index contributed by atoms with van der Waals surface area (Å²) in [5, 5.41) is 8.70. The van der Waals surface area contributed by atoms with Crippen molar-refractivity contribution in [3.8, 4) is 6.07 Å². The Hall–Kier alpha value is -2.72. The molecule has 0 saturated carbocycles. The van der Waals surface area contributed by atoms with Crippen LogP contribution < -0.4 is 0 Å². The third kappa shape index (κ3) is 2.05. The molecule has 0 N–H and O–H groups in total. The molecule has 7 heteroatoms. The van der Waals surface area contributed by atoms with Crippen LogP contribution in [0.2, 0.25) is 0 Å². The minimum absolute atomic E-state index is 0.0312. The van der Waals surface area contributed by atoms with Crippen molar-refractivity contribution in [2.24, 2.45) is 0 Å². The fraction of sp³-hybridized carbons (Fsp3) is 0.0667. The maximum Gasteiger partial charge on any atom is 0.269 e. The highest BCUT2D eigenvalue weighted by molar-refractivity contribution is 7.90. The molecule has 0 atom stereocenters. The van der Waals surface area contributed by atoms with Crippen LogP contribution in [0, 0.1) is 17.1 Å². The Bertz CT molecular complexity index is 932. The minimum Gasteiger partial charge on any atom is -0.268 e. The Morgan fingerprint density at radius 3 is 2.55 bits per heavy atom. The average molecular weight is 316 g/mol. The summed E-state index contributed by atoms with van der Waals surface area (Å²) in [6, 6.07) is 11.3. The minimum atomic E-state index is -3.97. The maximum atomic E-state index is 13.9. The summed E-state index contributed by atoms with van der Waals surface area (Å²) in [6.07, 6.45) is 0. The van der Waals surface area contributed by atoms with Crippen molar-refractivity contribution >= 4 is 15.9 Å². The van der Waals surface area contributed by atoms with Crippen LogP contribution in [0.3, 0.4) is 0 Å². The zero-order valence-corrected chi connectivity index (χ0v) is 12.0. The Balaban J connectivity index is 2.02. The smallest absolute Gasteiger partial charge is 0.268 e. The molecule has 0 bridgehead atoms. The number of sulfonamides is 1. The van der Waals surface area contributed by atoms with Crippen molar-refractivity contribution in [3.05, 3.63) is 65.0 Å². The van der Waals surface area contributed by atoms with Crippen LogP contribution >= 0.6 is 0 Å². The van der Waals surface area contributed by atoms with E-state index in [0.717, 1.165) is 6.07 Å². The molecule has 0 aliphatic carbocycles. The lowest BCUT2D eigenvalue weighted by Gasteiger charge is -2.15.